The Bertz CT molecular complexity index is 424. The molecule has 0 radical (unpaired) electrons. The van der Waals surface area contributed by atoms with Crippen molar-refractivity contribution in [3.63, 3.8) is 0 Å². The Morgan fingerprint density at radius 2 is 2.24 bits per heavy atom. The summed E-state index contributed by atoms with van der Waals surface area (Å²) in [7, 11) is 4.49. The van der Waals surface area contributed by atoms with E-state index in [0.29, 0.717) is 5.54 Å². The van der Waals surface area contributed by atoms with E-state index in [2.05, 4.69) is 61.2 Å². The molecule has 21 heavy (non-hydrogen) atoms. The Morgan fingerprint density at radius 1 is 1.43 bits per heavy atom. The van der Waals surface area contributed by atoms with Gasteiger partial charge in [0.05, 0.1) is 0 Å². The zero-order valence-electron chi connectivity index (χ0n) is 14.4. The van der Waals surface area contributed by atoms with E-state index < -0.39 is 0 Å². The predicted octanol–water partition coefficient (Wildman–Crippen LogP) is 3.50. The van der Waals surface area contributed by atoms with Crippen LogP contribution in [0, 0.1) is 5.92 Å². The first-order valence-corrected chi connectivity index (χ1v) is 8.58. The molecular formula is C18H33N3. The maximum Gasteiger partial charge on any atom is 0.0330 e. The lowest BCUT2D eigenvalue weighted by Crippen LogP contribution is -2.54. The molecule has 1 aliphatic carbocycles. The van der Waals surface area contributed by atoms with Crippen molar-refractivity contribution in [3.8, 4) is 0 Å². The van der Waals surface area contributed by atoms with E-state index in [1.807, 2.05) is 0 Å². The van der Waals surface area contributed by atoms with Crippen LogP contribution in [0.2, 0.25) is 0 Å². The summed E-state index contributed by atoms with van der Waals surface area (Å²) in [4.78, 5) is 2.46. The van der Waals surface area contributed by atoms with E-state index in [0.717, 1.165) is 25.6 Å². The van der Waals surface area contributed by atoms with Crippen LogP contribution in [0.3, 0.4) is 0 Å². The summed E-state index contributed by atoms with van der Waals surface area (Å²) in [5.41, 5.74) is 1.75. The highest BCUT2D eigenvalue weighted by Gasteiger charge is 2.36. The van der Waals surface area contributed by atoms with Gasteiger partial charge < -0.3 is 14.8 Å². The van der Waals surface area contributed by atoms with Gasteiger partial charge in [-0.2, -0.15) is 0 Å². The fourth-order valence-electron chi connectivity index (χ4n) is 3.79. The molecule has 0 saturated heterocycles. The monoisotopic (exact) mass is 291 g/mol. The van der Waals surface area contributed by atoms with E-state index in [1.165, 1.54) is 37.7 Å². The molecule has 1 fully saturated rings. The van der Waals surface area contributed by atoms with Crippen molar-refractivity contribution in [2.75, 3.05) is 20.6 Å². The lowest BCUT2D eigenvalue weighted by Gasteiger charge is -2.45. The summed E-state index contributed by atoms with van der Waals surface area (Å²) in [6.07, 6.45) is 11.1. The molecule has 0 spiro atoms. The lowest BCUT2D eigenvalue weighted by molar-refractivity contribution is 0.0749. The van der Waals surface area contributed by atoms with Gasteiger partial charge in [0.25, 0.3) is 0 Å². The molecule has 3 heteroatoms. The summed E-state index contributed by atoms with van der Waals surface area (Å²) < 4.78 is 2.29. The van der Waals surface area contributed by atoms with E-state index in [1.54, 1.807) is 0 Å². The van der Waals surface area contributed by atoms with Gasteiger partial charge in [0.2, 0.25) is 0 Å². The zero-order chi connectivity index (χ0) is 15.3. The van der Waals surface area contributed by atoms with Gasteiger partial charge in [0.1, 0.15) is 0 Å². The van der Waals surface area contributed by atoms with E-state index in [9.17, 15) is 0 Å². The Kier molecular flexibility index (Phi) is 5.88. The molecule has 3 nitrogen and oxygen atoms in total. The van der Waals surface area contributed by atoms with Crippen LogP contribution in [0.5, 0.6) is 0 Å². The average molecular weight is 291 g/mol. The highest BCUT2D eigenvalue weighted by Crippen LogP contribution is 2.35. The number of likely N-dealkylation sites (N-methyl/N-ethyl adjacent to an activating group) is 1. The minimum atomic E-state index is 0.351. The van der Waals surface area contributed by atoms with Crippen LogP contribution in [-0.2, 0) is 13.1 Å². The largest absolute Gasteiger partial charge is 0.354 e. The molecule has 0 amide bonds. The van der Waals surface area contributed by atoms with Crippen LogP contribution in [-0.4, -0.2) is 35.6 Å². The highest BCUT2D eigenvalue weighted by molar-refractivity contribution is 5.10. The molecule has 2 atom stereocenters. The molecule has 1 saturated carbocycles. The third kappa shape index (κ3) is 4.33. The van der Waals surface area contributed by atoms with Gasteiger partial charge in [-0.05, 0) is 50.9 Å². The Morgan fingerprint density at radius 3 is 2.90 bits per heavy atom. The van der Waals surface area contributed by atoms with Crippen molar-refractivity contribution in [2.24, 2.45) is 5.92 Å². The molecule has 120 valence electrons. The van der Waals surface area contributed by atoms with Crippen LogP contribution in [0.15, 0.2) is 18.5 Å². The van der Waals surface area contributed by atoms with Crippen LogP contribution in [0.25, 0.3) is 0 Å². The average Bonchev–Trinajstić information content (AvgIpc) is 2.87. The van der Waals surface area contributed by atoms with Gasteiger partial charge in [0.15, 0.2) is 0 Å². The third-order valence-corrected chi connectivity index (χ3v) is 5.09. The summed E-state index contributed by atoms with van der Waals surface area (Å²) in [6.45, 7) is 7.84. The van der Waals surface area contributed by atoms with Crippen molar-refractivity contribution in [1.29, 1.82) is 0 Å². The van der Waals surface area contributed by atoms with E-state index in [4.69, 9.17) is 0 Å². The lowest BCUT2D eigenvalue weighted by atomic mass is 9.75. The molecule has 1 aromatic heterocycles. The molecule has 0 aromatic carbocycles. The van der Waals surface area contributed by atoms with Crippen molar-refractivity contribution in [2.45, 2.75) is 64.6 Å². The second-order valence-corrected chi connectivity index (χ2v) is 7.18. The number of aryl methyl sites for hydroxylation is 1. The first-order valence-electron chi connectivity index (χ1n) is 8.58. The second kappa shape index (κ2) is 7.46. The van der Waals surface area contributed by atoms with Gasteiger partial charge in [-0.25, -0.2) is 0 Å². The number of hydrogen-bond acceptors (Lipinski definition) is 2. The van der Waals surface area contributed by atoms with Crippen molar-refractivity contribution >= 4 is 0 Å². The summed E-state index contributed by atoms with van der Waals surface area (Å²) in [6, 6.07) is 2.24. The quantitative estimate of drug-likeness (QED) is 0.830. The molecule has 2 unspecified atom stereocenters. The Labute approximate surface area is 130 Å². The molecule has 1 heterocycles. The minimum Gasteiger partial charge on any atom is -0.354 e. The molecular weight excluding hydrogens is 258 g/mol. The van der Waals surface area contributed by atoms with Crippen LogP contribution < -0.4 is 5.32 Å². The topological polar surface area (TPSA) is 20.2 Å². The van der Waals surface area contributed by atoms with Crippen molar-refractivity contribution in [3.05, 3.63) is 24.0 Å². The SMILES string of the molecule is CCCn1ccc(CNCC2(N(C)C)CCCC(C)C2)c1. The Hall–Kier alpha value is -0.800. The Balaban J connectivity index is 1.87. The number of nitrogens with one attached hydrogen (secondary N) is 1. The molecule has 2 rings (SSSR count). The predicted molar refractivity (Wildman–Crippen MR) is 90.5 cm³/mol. The summed E-state index contributed by atoms with van der Waals surface area (Å²) in [5, 5.41) is 3.71. The number of nitrogens with zero attached hydrogens (tertiary/aromatic N) is 2. The van der Waals surface area contributed by atoms with Gasteiger partial charge in [-0.1, -0.05) is 26.7 Å². The van der Waals surface area contributed by atoms with E-state index >= 15 is 0 Å². The zero-order valence-corrected chi connectivity index (χ0v) is 14.4. The van der Waals surface area contributed by atoms with Crippen LogP contribution in [0.4, 0.5) is 0 Å². The fraction of sp³-hybridized carbons (Fsp3) is 0.778. The normalized spacial score (nSPS) is 26.4. The maximum absolute atomic E-state index is 3.71. The summed E-state index contributed by atoms with van der Waals surface area (Å²) in [5.74, 6) is 0.855. The van der Waals surface area contributed by atoms with Crippen molar-refractivity contribution < 1.29 is 0 Å². The fourth-order valence-corrected chi connectivity index (χ4v) is 3.79. The maximum atomic E-state index is 3.71. The minimum absolute atomic E-state index is 0.351. The first kappa shape index (κ1) is 16.6. The number of rotatable bonds is 7. The van der Waals surface area contributed by atoms with Gasteiger partial charge in [-0.15, -0.1) is 0 Å². The van der Waals surface area contributed by atoms with Crippen LogP contribution in [0.1, 0.15) is 51.5 Å². The standard InChI is InChI=1S/C18H33N3/c1-5-10-21-11-8-17(14-21)13-19-15-18(20(3)4)9-6-7-16(2)12-18/h8,11,14,16,19H,5-7,9-10,12-13,15H2,1-4H3. The number of hydrogen-bond donors (Lipinski definition) is 1. The molecule has 0 bridgehead atoms. The van der Waals surface area contributed by atoms with Gasteiger partial charge in [-0.3, -0.25) is 0 Å². The van der Waals surface area contributed by atoms with Gasteiger partial charge in [0, 0.05) is 37.6 Å². The van der Waals surface area contributed by atoms with E-state index in [-0.39, 0.29) is 0 Å². The first-order chi connectivity index (χ1) is 10.1. The smallest absolute Gasteiger partial charge is 0.0330 e. The highest BCUT2D eigenvalue weighted by atomic mass is 15.2. The molecule has 1 aliphatic rings. The summed E-state index contributed by atoms with van der Waals surface area (Å²) >= 11 is 0. The van der Waals surface area contributed by atoms with Crippen LogP contribution >= 0.6 is 0 Å². The molecule has 1 N–H and O–H groups in total. The second-order valence-electron chi connectivity index (χ2n) is 7.18. The number of aromatic nitrogens is 1. The molecule has 1 aromatic rings. The molecule has 0 aliphatic heterocycles. The van der Waals surface area contributed by atoms with Gasteiger partial charge >= 0.3 is 0 Å². The third-order valence-electron chi connectivity index (χ3n) is 5.09. The van der Waals surface area contributed by atoms with Crippen molar-refractivity contribution in [1.82, 2.24) is 14.8 Å².